The van der Waals surface area contributed by atoms with E-state index >= 15 is 0 Å². The lowest BCUT2D eigenvalue weighted by Gasteiger charge is -2.23. The molecular formula is C23H31Cl3N4O2. The third-order valence-corrected chi connectivity index (χ3v) is 5.52. The number of likely N-dealkylation sites (tertiary alicyclic amines) is 1. The van der Waals surface area contributed by atoms with Gasteiger partial charge in [0.15, 0.2) is 0 Å². The molecule has 1 aliphatic rings. The fraction of sp³-hybridized carbons (Fsp3) is 0.435. The summed E-state index contributed by atoms with van der Waals surface area (Å²) in [5.74, 6) is 1.86. The van der Waals surface area contributed by atoms with E-state index in [0.29, 0.717) is 29.7 Å². The first-order valence-corrected chi connectivity index (χ1v) is 11.7. The Balaban J connectivity index is 0.00000363. The van der Waals surface area contributed by atoms with Crippen molar-refractivity contribution >= 4 is 58.7 Å². The van der Waals surface area contributed by atoms with Crippen LogP contribution in [0.5, 0.6) is 5.75 Å². The first-order valence-electron chi connectivity index (χ1n) is 10.7. The molecule has 0 aliphatic carbocycles. The van der Waals surface area contributed by atoms with E-state index < -0.39 is 0 Å². The molecule has 0 atom stereocenters. The second-order valence-corrected chi connectivity index (χ2v) is 8.17. The van der Waals surface area contributed by atoms with Crippen molar-refractivity contribution in [3.8, 4) is 5.75 Å². The number of nitrogens with zero attached hydrogens (tertiary/aromatic N) is 2. The lowest BCUT2D eigenvalue weighted by Crippen LogP contribution is -2.27. The number of benzene rings is 2. The molecule has 2 aromatic carbocycles. The standard InChI is InChI=1S/C23H30Cl2N4O2.ClH/c24-11-15-29(16-12-25)21-7-3-19(4-8-21)26-23(30)27-20-5-9-22(10-6-20)31-18-17-28-13-1-2-14-28;/h3-10H,1-2,11-18H2,(H2,26,27,30);1H. The number of nitrogens with one attached hydrogen (secondary N) is 2. The SMILES string of the molecule is Cl.O=C(Nc1ccc(OCCN2CCCC2)cc1)Nc1ccc(N(CCCl)CCCl)cc1. The van der Waals surface area contributed by atoms with Crippen molar-refractivity contribution < 1.29 is 9.53 Å². The maximum Gasteiger partial charge on any atom is 0.323 e. The van der Waals surface area contributed by atoms with Crippen molar-refractivity contribution in [2.45, 2.75) is 12.8 Å². The zero-order valence-electron chi connectivity index (χ0n) is 18.1. The van der Waals surface area contributed by atoms with Crippen LogP contribution in [-0.2, 0) is 0 Å². The summed E-state index contributed by atoms with van der Waals surface area (Å²) in [6.45, 7) is 5.42. The Morgan fingerprint density at radius 3 is 1.97 bits per heavy atom. The van der Waals surface area contributed by atoms with Gasteiger partial charge in [0.05, 0.1) is 0 Å². The third kappa shape index (κ3) is 8.58. The van der Waals surface area contributed by atoms with Gasteiger partial charge in [0.2, 0.25) is 0 Å². The number of anilines is 3. The number of ether oxygens (including phenoxy) is 1. The van der Waals surface area contributed by atoms with Gasteiger partial charge in [0.1, 0.15) is 12.4 Å². The van der Waals surface area contributed by atoms with Gasteiger partial charge < -0.3 is 20.3 Å². The van der Waals surface area contributed by atoms with Gasteiger partial charge in [0.25, 0.3) is 0 Å². The molecule has 2 amide bonds. The molecule has 3 rings (SSSR count). The van der Waals surface area contributed by atoms with Crippen LogP contribution < -0.4 is 20.3 Å². The van der Waals surface area contributed by atoms with Gasteiger partial charge in [-0.25, -0.2) is 4.79 Å². The number of alkyl halides is 2. The molecule has 1 saturated heterocycles. The number of halogens is 3. The monoisotopic (exact) mass is 500 g/mol. The lowest BCUT2D eigenvalue weighted by molar-refractivity contribution is 0.238. The second-order valence-electron chi connectivity index (χ2n) is 7.41. The summed E-state index contributed by atoms with van der Waals surface area (Å²) in [5, 5.41) is 5.68. The van der Waals surface area contributed by atoms with Crippen LogP contribution in [0, 0.1) is 0 Å². The highest BCUT2D eigenvalue weighted by Crippen LogP contribution is 2.19. The van der Waals surface area contributed by atoms with E-state index in [2.05, 4.69) is 20.4 Å². The Labute approximate surface area is 206 Å². The first kappa shape index (κ1) is 26.4. The summed E-state index contributed by atoms with van der Waals surface area (Å²) in [5.41, 5.74) is 2.43. The van der Waals surface area contributed by atoms with Crippen molar-refractivity contribution in [2.24, 2.45) is 0 Å². The van der Waals surface area contributed by atoms with Crippen LogP contribution in [0.25, 0.3) is 0 Å². The average Bonchev–Trinajstić information content (AvgIpc) is 3.29. The maximum atomic E-state index is 12.3. The largest absolute Gasteiger partial charge is 0.492 e. The van der Waals surface area contributed by atoms with Crippen molar-refractivity contribution in [1.29, 1.82) is 0 Å². The fourth-order valence-corrected chi connectivity index (χ4v) is 3.96. The van der Waals surface area contributed by atoms with Gasteiger partial charge in [-0.1, -0.05) is 0 Å². The normalized spacial score (nSPS) is 13.3. The molecular weight excluding hydrogens is 471 g/mol. The highest BCUT2D eigenvalue weighted by Gasteiger charge is 2.11. The van der Waals surface area contributed by atoms with E-state index in [9.17, 15) is 4.79 Å². The molecule has 0 bridgehead atoms. The molecule has 0 saturated carbocycles. The molecule has 0 radical (unpaired) electrons. The van der Waals surface area contributed by atoms with Crippen molar-refractivity contribution in [2.75, 3.05) is 66.6 Å². The minimum absolute atomic E-state index is 0. The molecule has 2 aromatic rings. The summed E-state index contributed by atoms with van der Waals surface area (Å²) < 4.78 is 5.80. The summed E-state index contributed by atoms with van der Waals surface area (Å²) in [4.78, 5) is 16.8. The number of hydrogen-bond acceptors (Lipinski definition) is 4. The highest BCUT2D eigenvalue weighted by molar-refractivity contribution is 6.18. The van der Waals surface area contributed by atoms with Crippen molar-refractivity contribution in [1.82, 2.24) is 4.90 Å². The predicted octanol–water partition coefficient (Wildman–Crippen LogP) is 5.51. The van der Waals surface area contributed by atoms with Crippen LogP contribution in [0.2, 0.25) is 0 Å². The quantitative estimate of drug-likeness (QED) is 0.399. The van der Waals surface area contributed by atoms with Crippen LogP contribution in [0.3, 0.4) is 0 Å². The summed E-state index contributed by atoms with van der Waals surface area (Å²) >= 11 is 11.7. The zero-order valence-corrected chi connectivity index (χ0v) is 20.4. The number of rotatable bonds is 11. The van der Waals surface area contributed by atoms with Crippen LogP contribution >= 0.6 is 35.6 Å². The minimum atomic E-state index is -0.297. The highest BCUT2D eigenvalue weighted by atomic mass is 35.5. The molecule has 176 valence electrons. The molecule has 2 N–H and O–H groups in total. The Bertz CT molecular complexity index is 794. The Morgan fingerprint density at radius 2 is 1.44 bits per heavy atom. The van der Waals surface area contributed by atoms with Gasteiger partial charge in [-0.3, -0.25) is 4.90 Å². The molecule has 0 unspecified atom stereocenters. The van der Waals surface area contributed by atoms with Crippen LogP contribution in [0.15, 0.2) is 48.5 Å². The number of carbonyl (C=O) groups is 1. The lowest BCUT2D eigenvalue weighted by atomic mass is 10.2. The molecule has 9 heteroatoms. The zero-order chi connectivity index (χ0) is 21.9. The smallest absolute Gasteiger partial charge is 0.323 e. The number of carbonyl (C=O) groups excluding carboxylic acids is 1. The Kier molecular flexibility index (Phi) is 11.8. The minimum Gasteiger partial charge on any atom is -0.492 e. The molecule has 1 heterocycles. The Hall–Kier alpha value is -1.86. The summed E-state index contributed by atoms with van der Waals surface area (Å²) in [7, 11) is 0. The van der Waals surface area contributed by atoms with E-state index in [4.69, 9.17) is 27.9 Å². The number of amides is 2. The van der Waals surface area contributed by atoms with Gasteiger partial charge in [-0.2, -0.15) is 0 Å². The average molecular weight is 502 g/mol. The topological polar surface area (TPSA) is 56.8 Å². The molecule has 0 aromatic heterocycles. The molecule has 1 aliphatic heterocycles. The van der Waals surface area contributed by atoms with E-state index in [1.165, 1.54) is 25.9 Å². The molecule has 6 nitrogen and oxygen atoms in total. The van der Waals surface area contributed by atoms with E-state index in [1.807, 2.05) is 48.5 Å². The maximum absolute atomic E-state index is 12.3. The fourth-order valence-electron chi connectivity index (χ4n) is 3.56. The van der Waals surface area contributed by atoms with E-state index in [1.54, 1.807) is 0 Å². The predicted molar refractivity (Wildman–Crippen MR) is 138 cm³/mol. The number of hydrogen-bond donors (Lipinski definition) is 2. The third-order valence-electron chi connectivity index (χ3n) is 5.19. The van der Waals surface area contributed by atoms with Gasteiger partial charge in [-0.15, -0.1) is 35.6 Å². The van der Waals surface area contributed by atoms with Crippen LogP contribution in [0.1, 0.15) is 12.8 Å². The molecule has 32 heavy (non-hydrogen) atoms. The Morgan fingerprint density at radius 1 is 0.906 bits per heavy atom. The number of urea groups is 1. The summed E-state index contributed by atoms with van der Waals surface area (Å²) in [6.07, 6.45) is 2.57. The second kappa shape index (κ2) is 14.3. The van der Waals surface area contributed by atoms with Crippen LogP contribution in [-0.4, -0.2) is 62.0 Å². The van der Waals surface area contributed by atoms with E-state index in [-0.39, 0.29) is 18.4 Å². The van der Waals surface area contributed by atoms with Crippen LogP contribution in [0.4, 0.5) is 21.9 Å². The van der Waals surface area contributed by atoms with Gasteiger partial charge in [0, 0.05) is 48.5 Å². The molecule has 1 fully saturated rings. The van der Waals surface area contributed by atoms with E-state index in [0.717, 1.165) is 31.1 Å². The van der Waals surface area contributed by atoms with Gasteiger partial charge >= 0.3 is 6.03 Å². The molecule has 0 spiro atoms. The van der Waals surface area contributed by atoms with Crippen molar-refractivity contribution in [3.05, 3.63) is 48.5 Å². The summed E-state index contributed by atoms with van der Waals surface area (Å²) in [6, 6.07) is 14.7. The van der Waals surface area contributed by atoms with Crippen molar-refractivity contribution in [3.63, 3.8) is 0 Å². The first-order chi connectivity index (χ1) is 15.2. The van der Waals surface area contributed by atoms with Gasteiger partial charge in [-0.05, 0) is 74.5 Å².